The van der Waals surface area contributed by atoms with Crippen LogP contribution in [0.25, 0.3) is 0 Å². The van der Waals surface area contributed by atoms with Gasteiger partial charge in [-0.1, -0.05) is 32.4 Å². The molecule has 0 bridgehead atoms. The first kappa shape index (κ1) is 17.5. The SMILES string of the molecule is CCCCN(C(=O)Nc1cccc(C(C)N)c1)C(C)CC. The second-order valence-electron chi connectivity index (χ2n) is 5.65. The molecule has 1 aromatic carbocycles. The van der Waals surface area contributed by atoms with Gasteiger partial charge in [0.2, 0.25) is 0 Å². The van der Waals surface area contributed by atoms with E-state index in [0.717, 1.165) is 37.1 Å². The van der Waals surface area contributed by atoms with Crippen LogP contribution in [0.5, 0.6) is 0 Å². The molecule has 0 radical (unpaired) electrons. The fourth-order valence-electron chi connectivity index (χ4n) is 2.17. The molecule has 1 aromatic rings. The number of amides is 2. The molecule has 2 atom stereocenters. The van der Waals surface area contributed by atoms with E-state index in [9.17, 15) is 4.79 Å². The predicted molar refractivity (Wildman–Crippen MR) is 89.4 cm³/mol. The van der Waals surface area contributed by atoms with Crippen molar-refractivity contribution in [2.75, 3.05) is 11.9 Å². The number of anilines is 1. The number of urea groups is 1. The second kappa shape index (κ2) is 8.67. The molecule has 4 heteroatoms. The van der Waals surface area contributed by atoms with Crippen molar-refractivity contribution in [3.63, 3.8) is 0 Å². The fourth-order valence-corrected chi connectivity index (χ4v) is 2.17. The summed E-state index contributed by atoms with van der Waals surface area (Å²) in [7, 11) is 0. The highest BCUT2D eigenvalue weighted by molar-refractivity contribution is 5.89. The van der Waals surface area contributed by atoms with Gasteiger partial charge in [-0.3, -0.25) is 0 Å². The number of benzene rings is 1. The Hall–Kier alpha value is -1.55. The lowest BCUT2D eigenvalue weighted by Gasteiger charge is -2.28. The number of unbranched alkanes of at least 4 members (excludes halogenated alkanes) is 1. The average Bonchev–Trinajstić information content (AvgIpc) is 2.47. The Morgan fingerprint density at radius 3 is 2.62 bits per heavy atom. The highest BCUT2D eigenvalue weighted by atomic mass is 16.2. The smallest absolute Gasteiger partial charge is 0.322 e. The minimum atomic E-state index is -0.0346. The van der Waals surface area contributed by atoms with Crippen LogP contribution in [0.4, 0.5) is 10.5 Å². The Bertz CT molecular complexity index is 445. The van der Waals surface area contributed by atoms with Gasteiger partial charge in [-0.15, -0.1) is 0 Å². The summed E-state index contributed by atoms with van der Waals surface area (Å²) in [6, 6.07) is 7.92. The topological polar surface area (TPSA) is 58.4 Å². The molecule has 0 spiro atoms. The van der Waals surface area contributed by atoms with Crippen LogP contribution in [0.3, 0.4) is 0 Å². The largest absolute Gasteiger partial charge is 0.324 e. The van der Waals surface area contributed by atoms with E-state index >= 15 is 0 Å². The highest BCUT2D eigenvalue weighted by Gasteiger charge is 2.18. The van der Waals surface area contributed by atoms with Gasteiger partial charge in [0, 0.05) is 24.3 Å². The molecule has 2 unspecified atom stereocenters. The summed E-state index contributed by atoms with van der Waals surface area (Å²) in [6.07, 6.45) is 3.06. The maximum atomic E-state index is 12.5. The molecule has 0 aliphatic carbocycles. The predicted octanol–water partition coefficient (Wildman–Crippen LogP) is 4.14. The summed E-state index contributed by atoms with van der Waals surface area (Å²) >= 11 is 0. The highest BCUT2D eigenvalue weighted by Crippen LogP contribution is 2.17. The second-order valence-corrected chi connectivity index (χ2v) is 5.65. The summed E-state index contributed by atoms with van der Waals surface area (Å²) < 4.78 is 0. The lowest BCUT2D eigenvalue weighted by molar-refractivity contribution is 0.189. The van der Waals surface area contributed by atoms with Crippen LogP contribution in [0.2, 0.25) is 0 Å². The third-order valence-electron chi connectivity index (χ3n) is 3.80. The number of nitrogens with one attached hydrogen (secondary N) is 1. The molecule has 118 valence electrons. The van der Waals surface area contributed by atoms with Gasteiger partial charge in [-0.25, -0.2) is 4.79 Å². The van der Waals surface area contributed by atoms with Gasteiger partial charge in [0.25, 0.3) is 0 Å². The van der Waals surface area contributed by atoms with Crippen molar-refractivity contribution in [1.29, 1.82) is 0 Å². The molecule has 0 aromatic heterocycles. The van der Waals surface area contributed by atoms with Crippen LogP contribution in [-0.2, 0) is 0 Å². The maximum absolute atomic E-state index is 12.5. The van der Waals surface area contributed by atoms with Crippen LogP contribution >= 0.6 is 0 Å². The number of hydrogen-bond donors (Lipinski definition) is 2. The van der Waals surface area contributed by atoms with Gasteiger partial charge < -0.3 is 16.0 Å². The van der Waals surface area contributed by atoms with E-state index in [1.807, 2.05) is 36.1 Å². The van der Waals surface area contributed by atoms with Gasteiger partial charge in [0.15, 0.2) is 0 Å². The van der Waals surface area contributed by atoms with Crippen molar-refractivity contribution in [2.45, 2.75) is 59.0 Å². The van der Waals surface area contributed by atoms with Crippen molar-refractivity contribution in [1.82, 2.24) is 4.90 Å². The van der Waals surface area contributed by atoms with Crippen LogP contribution in [-0.4, -0.2) is 23.5 Å². The standard InChI is InChI=1S/C17H29N3O/c1-5-7-11-20(13(3)6-2)17(21)19-16-10-8-9-15(12-16)14(4)18/h8-10,12-14H,5-7,11,18H2,1-4H3,(H,19,21). The Kier molecular flexibility index (Phi) is 7.23. The van der Waals surface area contributed by atoms with Crippen molar-refractivity contribution in [3.05, 3.63) is 29.8 Å². The molecule has 3 N–H and O–H groups in total. The van der Waals surface area contributed by atoms with E-state index in [-0.39, 0.29) is 18.1 Å². The van der Waals surface area contributed by atoms with Crippen molar-refractivity contribution >= 4 is 11.7 Å². The number of nitrogens with zero attached hydrogens (tertiary/aromatic N) is 1. The normalized spacial score (nSPS) is 13.6. The Balaban J connectivity index is 2.78. The molecule has 0 saturated heterocycles. The van der Waals surface area contributed by atoms with Crippen LogP contribution in [0.15, 0.2) is 24.3 Å². The first-order valence-corrected chi connectivity index (χ1v) is 7.92. The molecule has 21 heavy (non-hydrogen) atoms. The Labute approximate surface area is 128 Å². The number of nitrogens with two attached hydrogens (primary N) is 1. The summed E-state index contributed by atoms with van der Waals surface area (Å²) in [5, 5.41) is 2.99. The molecule has 0 aliphatic rings. The number of carbonyl (C=O) groups is 1. The fraction of sp³-hybridized carbons (Fsp3) is 0.588. The maximum Gasteiger partial charge on any atom is 0.322 e. The lowest BCUT2D eigenvalue weighted by Crippen LogP contribution is -2.41. The van der Waals surface area contributed by atoms with Gasteiger partial charge in [0.1, 0.15) is 0 Å². The first-order valence-electron chi connectivity index (χ1n) is 7.92. The number of carbonyl (C=O) groups excluding carboxylic acids is 1. The molecule has 0 fully saturated rings. The zero-order valence-electron chi connectivity index (χ0n) is 13.7. The summed E-state index contributed by atoms with van der Waals surface area (Å²) in [5.41, 5.74) is 7.72. The lowest BCUT2D eigenvalue weighted by atomic mass is 10.1. The average molecular weight is 291 g/mol. The van der Waals surface area contributed by atoms with Gasteiger partial charge >= 0.3 is 6.03 Å². The Morgan fingerprint density at radius 2 is 2.05 bits per heavy atom. The van der Waals surface area contributed by atoms with Crippen molar-refractivity contribution < 1.29 is 4.79 Å². The van der Waals surface area contributed by atoms with Crippen molar-refractivity contribution in [2.24, 2.45) is 5.73 Å². The monoisotopic (exact) mass is 291 g/mol. The van der Waals surface area contributed by atoms with Crippen LogP contribution in [0, 0.1) is 0 Å². The molecule has 1 rings (SSSR count). The number of rotatable bonds is 7. The summed E-state index contributed by atoms with van der Waals surface area (Å²) in [6.45, 7) is 9.07. The minimum Gasteiger partial charge on any atom is -0.324 e. The Morgan fingerprint density at radius 1 is 1.33 bits per heavy atom. The zero-order chi connectivity index (χ0) is 15.8. The van der Waals surface area contributed by atoms with Crippen LogP contribution in [0.1, 0.15) is 58.6 Å². The molecule has 4 nitrogen and oxygen atoms in total. The molecule has 0 aliphatic heterocycles. The van der Waals surface area contributed by atoms with E-state index < -0.39 is 0 Å². The quantitative estimate of drug-likeness (QED) is 0.793. The molecule has 0 saturated carbocycles. The molecule has 2 amide bonds. The molecular formula is C17H29N3O. The van der Waals surface area contributed by atoms with Gasteiger partial charge in [0.05, 0.1) is 0 Å². The van der Waals surface area contributed by atoms with E-state index in [4.69, 9.17) is 5.73 Å². The van der Waals surface area contributed by atoms with Crippen molar-refractivity contribution in [3.8, 4) is 0 Å². The summed E-state index contributed by atoms with van der Waals surface area (Å²) in [5.74, 6) is 0. The third kappa shape index (κ3) is 5.38. The van der Waals surface area contributed by atoms with Gasteiger partial charge in [-0.05, 0) is 44.4 Å². The zero-order valence-corrected chi connectivity index (χ0v) is 13.7. The number of hydrogen-bond acceptors (Lipinski definition) is 2. The van der Waals surface area contributed by atoms with E-state index in [2.05, 4.69) is 26.1 Å². The molecule has 0 heterocycles. The minimum absolute atomic E-state index is 0.0281. The van der Waals surface area contributed by atoms with Gasteiger partial charge in [-0.2, -0.15) is 0 Å². The first-order chi connectivity index (χ1) is 9.99. The third-order valence-corrected chi connectivity index (χ3v) is 3.80. The van der Waals surface area contributed by atoms with E-state index in [0.29, 0.717) is 0 Å². The summed E-state index contributed by atoms with van der Waals surface area (Å²) in [4.78, 5) is 14.4. The molecular weight excluding hydrogens is 262 g/mol. The van der Waals surface area contributed by atoms with E-state index in [1.54, 1.807) is 0 Å². The van der Waals surface area contributed by atoms with E-state index in [1.165, 1.54) is 0 Å². The van der Waals surface area contributed by atoms with Crippen LogP contribution < -0.4 is 11.1 Å².